The zero-order valence-corrected chi connectivity index (χ0v) is 12.2. The number of nitrogens with one attached hydrogen (secondary N) is 1. The summed E-state index contributed by atoms with van der Waals surface area (Å²) in [6.45, 7) is 0.295. The van der Waals surface area contributed by atoms with Crippen molar-refractivity contribution >= 4 is 13.5 Å². The highest BCUT2D eigenvalue weighted by Gasteiger charge is 2.12. The molecule has 2 aromatic rings. The molecule has 22 heavy (non-hydrogen) atoms. The number of aromatic nitrogens is 1. The molecule has 1 radical (unpaired) electrons. The summed E-state index contributed by atoms with van der Waals surface area (Å²) in [5.74, 6) is 0.473. The van der Waals surface area contributed by atoms with Gasteiger partial charge in [0.25, 0.3) is 0 Å². The Morgan fingerprint density at radius 3 is 2.73 bits per heavy atom. The normalized spacial score (nSPS) is 10.0. The summed E-state index contributed by atoms with van der Waals surface area (Å²) < 4.78 is 29.1. The molecule has 1 aromatic heterocycles. The van der Waals surface area contributed by atoms with Gasteiger partial charge in [-0.05, 0) is 18.2 Å². The molecule has 2 N–H and O–H groups in total. The Bertz CT molecular complexity index is 642. The first-order chi connectivity index (χ1) is 10.7. The van der Waals surface area contributed by atoms with Gasteiger partial charge in [-0.3, -0.25) is 0 Å². The molecular formula is C14H15BFN2O4. The van der Waals surface area contributed by atoms with Gasteiger partial charge in [-0.15, -0.1) is 0 Å². The van der Waals surface area contributed by atoms with E-state index in [9.17, 15) is 4.39 Å². The van der Waals surface area contributed by atoms with Crippen LogP contribution in [0.5, 0.6) is 17.2 Å². The van der Waals surface area contributed by atoms with Crippen LogP contribution in [0.2, 0.25) is 0 Å². The Balaban J connectivity index is 2.15. The van der Waals surface area contributed by atoms with Gasteiger partial charge < -0.3 is 24.5 Å². The summed E-state index contributed by atoms with van der Waals surface area (Å²) in [7, 11) is 3.52. The van der Waals surface area contributed by atoms with Crippen molar-refractivity contribution in [1.82, 2.24) is 4.98 Å². The number of pyridine rings is 1. The van der Waals surface area contributed by atoms with Gasteiger partial charge in [-0.25, -0.2) is 4.98 Å². The largest absolute Gasteiger partial charge is 0.569 e. The van der Waals surface area contributed by atoms with Crippen molar-refractivity contribution in [2.45, 2.75) is 6.54 Å². The predicted molar refractivity (Wildman–Crippen MR) is 79.7 cm³/mol. The summed E-state index contributed by atoms with van der Waals surface area (Å²) in [4.78, 5) is 3.90. The van der Waals surface area contributed by atoms with Crippen molar-refractivity contribution in [1.29, 1.82) is 0 Å². The number of hydrogen-bond acceptors (Lipinski definition) is 6. The third-order valence-electron chi connectivity index (χ3n) is 2.97. The Hall–Kier alpha value is -2.48. The van der Waals surface area contributed by atoms with E-state index in [2.05, 4.69) is 15.0 Å². The second kappa shape index (κ2) is 7.51. The molecule has 0 aliphatic rings. The summed E-state index contributed by atoms with van der Waals surface area (Å²) >= 11 is 0. The standard InChI is InChI=1S/C14H15BFN2O4/c1-20-10-4-3-9(12(7-10)21-2)8-18-14-13(16)11(22-15-19)5-6-17-14/h3-7,19H,8H2,1-2H3,(H,17,18). The van der Waals surface area contributed by atoms with Crippen LogP contribution in [0.4, 0.5) is 10.2 Å². The van der Waals surface area contributed by atoms with Gasteiger partial charge in [-0.2, -0.15) is 4.39 Å². The number of benzene rings is 1. The van der Waals surface area contributed by atoms with Crippen molar-refractivity contribution in [3.8, 4) is 17.2 Å². The number of anilines is 1. The second-order valence-electron chi connectivity index (χ2n) is 4.23. The highest BCUT2D eigenvalue weighted by molar-refractivity contribution is 6.17. The molecule has 2 rings (SSSR count). The highest BCUT2D eigenvalue weighted by Crippen LogP contribution is 2.26. The molecule has 8 heteroatoms. The van der Waals surface area contributed by atoms with Crippen molar-refractivity contribution in [3.63, 3.8) is 0 Å². The fraction of sp³-hybridized carbons (Fsp3) is 0.214. The minimum Gasteiger partial charge on any atom is -0.535 e. The number of ether oxygens (including phenoxy) is 2. The monoisotopic (exact) mass is 305 g/mol. The van der Waals surface area contributed by atoms with E-state index in [4.69, 9.17) is 14.5 Å². The Morgan fingerprint density at radius 2 is 2.05 bits per heavy atom. The molecule has 0 fully saturated rings. The summed E-state index contributed by atoms with van der Waals surface area (Å²) in [6.07, 6.45) is 1.37. The minimum absolute atomic E-state index is 0.0113. The fourth-order valence-electron chi connectivity index (χ4n) is 1.87. The number of rotatable bonds is 7. The van der Waals surface area contributed by atoms with Gasteiger partial charge in [0.2, 0.25) is 5.82 Å². The van der Waals surface area contributed by atoms with Crippen LogP contribution in [-0.4, -0.2) is 31.9 Å². The molecule has 1 aromatic carbocycles. The number of halogens is 1. The average molecular weight is 305 g/mol. The van der Waals surface area contributed by atoms with E-state index in [0.717, 1.165) is 5.56 Å². The lowest BCUT2D eigenvalue weighted by Crippen LogP contribution is -2.08. The molecule has 0 spiro atoms. The van der Waals surface area contributed by atoms with Crippen molar-refractivity contribution in [2.75, 3.05) is 19.5 Å². The van der Waals surface area contributed by atoms with Gasteiger partial charge >= 0.3 is 7.69 Å². The molecule has 0 saturated carbocycles. The molecule has 6 nitrogen and oxygen atoms in total. The zero-order valence-electron chi connectivity index (χ0n) is 12.2. The summed E-state index contributed by atoms with van der Waals surface area (Å²) in [6, 6.07) is 6.64. The molecule has 0 amide bonds. The molecule has 0 bridgehead atoms. The molecule has 115 valence electrons. The first-order valence-corrected chi connectivity index (χ1v) is 6.41. The van der Waals surface area contributed by atoms with E-state index >= 15 is 0 Å². The van der Waals surface area contributed by atoms with Gasteiger partial charge in [0.05, 0.1) is 14.2 Å². The fourth-order valence-corrected chi connectivity index (χ4v) is 1.87. The molecule has 0 unspecified atom stereocenters. The molecular weight excluding hydrogens is 290 g/mol. The third kappa shape index (κ3) is 3.59. The SMILES string of the molecule is COc1ccc(CNc2nccc(O[B]O)c2F)c(OC)c1. The van der Waals surface area contributed by atoms with E-state index in [1.165, 1.54) is 12.3 Å². The lowest BCUT2D eigenvalue weighted by Gasteiger charge is -2.13. The Labute approximate surface area is 128 Å². The van der Waals surface area contributed by atoms with Crippen LogP contribution in [-0.2, 0) is 6.54 Å². The second-order valence-corrected chi connectivity index (χ2v) is 4.23. The molecule has 0 aliphatic carbocycles. The maximum atomic E-state index is 14.0. The topological polar surface area (TPSA) is 72.8 Å². The van der Waals surface area contributed by atoms with Crippen LogP contribution in [0.3, 0.4) is 0 Å². The van der Waals surface area contributed by atoms with Crippen LogP contribution >= 0.6 is 0 Å². The average Bonchev–Trinajstić information content (AvgIpc) is 2.55. The predicted octanol–water partition coefficient (Wildman–Crippen LogP) is 1.76. The van der Waals surface area contributed by atoms with E-state index in [0.29, 0.717) is 25.7 Å². The lowest BCUT2D eigenvalue weighted by atomic mass is 10.2. The van der Waals surface area contributed by atoms with Gasteiger partial charge in [-0.1, -0.05) is 0 Å². The Morgan fingerprint density at radius 1 is 1.23 bits per heavy atom. The summed E-state index contributed by atoms with van der Waals surface area (Å²) in [5.41, 5.74) is 0.810. The van der Waals surface area contributed by atoms with Gasteiger partial charge in [0, 0.05) is 24.4 Å². The highest BCUT2D eigenvalue weighted by atomic mass is 19.1. The van der Waals surface area contributed by atoms with Crippen LogP contribution in [0.1, 0.15) is 5.56 Å². The summed E-state index contributed by atoms with van der Waals surface area (Å²) in [5, 5.41) is 11.4. The minimum atomic E-state index is -0.694. The van der Waals surface area contributed by atoms with Crippen molar-refractivity contribution in [2.24, 2.45) is 0 Å². The third-order valence-corrected chi connectivity index (χ3v) is 2.97. The molecule has 0 saturated heterocycles. The first kappa shape index (κ1) is 15.9. The maximum Gasteiger partial charge on any atom is 0.569 e. The molecule has 0 atom stereocenters. The number of nitrogens with zero attached hydrogens (tertiary/aromatic N) is 1. The lowest BCUT2D eigenvalue weighted by molar-refractivity contribution is 0.391. The Kier molecular flexibility index (Phi) is 5.43. The van der Waals surface area contributed by atoms with E-state index in [-0.39, 0.29) is 11.6 Å². The molecule has 1 heterocycles. The van der Waals surface area contributed by atoms with E-state index in [1.54, 1.807) is 26.4 Å². The van der Waals surface area contributed by atoms with E-state index < -0.39 is 5.82 Å². The quantitative estimate of drug-likeness (QED) is 0.759. The van der Waals surface area contributed by atoms with Gasteiger partial charge in [0.1, 0.15) is 17.2 Å². The zero-order chi connectivity index (χ0) is 15.9. The van der Waals surface area contributed by atoms with Gasteiger partial charge in [0.15, 0.2) is 5.82 Å². The van der Waals surface area contributed by atoms with Crippen LogP contribution in [0, 0.1) is 5.82 Å². The smallest absolute Gasteiger partial charge is 0.535 e. The van der Waals surface area contributed by atoms with Crippen LogP contribution in [0.25, 0.3) is 0 Å². The maximum absolute atomic E-state index is 14.0. The number of methoxy groups -OCH3 is 2. The van der Waals surface area contributed by atoms with Crippen LogP contribution in [0.15, 0.2) is 30.5 Å². The number of hydrogen-bond donors (Lipinski definition) is 2. The first-order valence-electron chi connectivity index (χ1n) is 6.41. The van der Waals surface area contributed by atoms with Crippen LogP contribution < -0.4 is 19.4 Å². The van der Waals surface area contributed by atoms with Crippen molar-refractivity contribution in [3.05, 3.63) is 41.8 Å². The van der Waals surface area contributed by atoms with Crippen molar-refractivity contribution < 1.29 is 23.5 Å². The van der Waals surface area contributed by atoms with E-state index in [1.807, 2.05) is 6.07 Å². The molecule has 0 aliphatic heterocycles.